The molecular formula is C16H27KO3S. The molecule has 21 heavy (non-hydrogen) atoms. The van der Waals surface area contributed by atoms with Crippen LogP contribution < -0.4 is 51.4 Å². The van der Waals surface area contributed by atoms with E-state index in [1.807, 2.05) is 6.07 Å². The summed E-state index contributed by atoms with van der Waals surface area (Å²) in [6.45, 7) is 2.21. The standard InChI is InChI=1S/C16H26O3S.K.H/c1-2-3-4-5-6-7-8-9-12-15-13-10-11-14-16(15)20(17,18)19;;/h10-11,13-14H,2-9,12H2,1H3,(H,17,18,19);;/q;+1;-1. The van der Waals surface area contributed by atoms with Crippen LogP contribution in [0.25, 0.3) is 0 Å². The Labute approximate surface area is 173 Å². The quantitative estimate of drug-likeness (QED) is 0.402. The predicted molar refractivity (Wildman–Crippen MR) is 83.7 cm³/mol. The third-order valence-electron chi connectivity index (χ3n) is 3.55. The fraction of sp³-hybridized carbons (Fsp3) is 0.625. The zero-order valence-corrected chi connectivity index (χ0v) is 17.3. The SMILES string of the molecule is CCCCCCCCCCc1ccccc1S(=O)(=O)O.[H-].[K+]. The van der Waals surface area contributed by atoms with Crippen molar-refractivity contribution in [3.8, 4) is 0 Å². The van der Waals surface area contributed by atoms with Crippen molar-refractivity contribution in [2.24, 2.45) is 0 Å². The largest absolute Gasteiger partial charge is 1.00 e. The Kier molecular flexibility index (Phi) is 12.7. The van der Waals surface area contributed by atoms with Crippen LogP contribution in [0.5, 0.6) is 0 Å². The maximum absolute atomic E-state index is 11.2. The molecule has 0 saturated heterocycles. The van der Waals surface area contributed by atoms with E-state index >= 15 is 0 Å². The fourth-order valence-corrected chi connectivity index (χ4v) is 3.16. The number of benzene rings is 1. The fourth-order valence-electron chi connectivity index (χ4n) is 2.41. The van der Waals surface area contributed by atoms with Gasteiger partial charge in [0.2, 0.25) is 0 Å². The molecule has 0 unspecified atom stereocenters. The van der Waals surface area contributed by atoms with E-state index in [0.29, 0.717) is 6.42 Å². The number of hydrogen-bond donors (Lipinski definition) is 1. The molecule has 1 N–H and O–H groups in total. The summed E-state index contributed by atoms with van der Waals surface area (Å²) in [7, 11) is -4.09. The van der Waals surface area contributed by atoms with E-state index in [0.717, 1.165) is 18.4 Å². The first kappa shape index (κ1) is 21.8. The maximum atomic E-state index is 11.2. The van der Waals surface area contributed by atoms with E-state index < -0.39 is 10.1 Å². The van der Waals surface area contributed by atoms with Crippen LogP contribution in [-0.2, 0) is 16.5 Å². The first-order valence-electron chi connectivity index (χ1n) is 7.61. The molecule has 0 saturated carbocycles. The number of rotatable bonds is 10. The van der Waals surface area contributed by atoms with E-state index in [2.05, 4.69) is 6.92 Å². The van der Waals surface area contributed by atoms with Gasteiger partial charge in [-0.3, -0.25) is 4.55 Å². The van der Waals surface area contributed by atoms with Crippen LogP contribution >= 0.6 is 0 Å². The molecule has 0 spiro atoms. The van der Waals surface area contributed by atoms with Crippen molar-refractivity contribution < 1.29 is 65.8 Å². The number of hydrogen-bond acceptors (Lipinski definition) is 2. The second-order valence-corrected chi connectivity index (χ2v) is 6.70. The first-order chi connectivity index (χ1) is 9.55. The van der Waals surface area contributed by atoms with Gasteiger partial charge in [0, 0.05) is 0 Å². The minimum absolute atomic E-state index is 0. The van der Waals surface area contributed by atoms with Crippen molar-refractivity contribution >= 4 is 10.1 Å². The molecule has 0 aliphatic rings. The third kappa shape index (κ3) is 9.49. The van der Waals surface area contributed by atoms with Crippen LogP contribution in [0.4, 0.5) is 0 Å². The molecule has 0 atom stereocenters. The summed E-state index contributed by atoms with van der Waals surface area (Å²) in [5, 5.41) is 0. The van der Waals surface area contributed by atoms with Crippen LogP contribution in [0.15, 0.2) is 29.2 Å². The van der Waals surface area contributed by atoms with Gasteiger partial charge in [-0.2, -0.15) is 8.42 Å². The summed E-state index contributed by atoms with van der Waals surface area (Å²) in [6.07, 6.45) is 10.5. The first-order valence-corrected chi connectivity index (χ1v) is 9.05. The average Bonchev–Trinajstić information content (AvgIpc) is 2.41. The molecule has 3 nitrogen and oxygen atoms in total. The molecule has 116 valence electrons. The van der Waals surface area contributed by atoms with Crippen molar-refractivity contribution in [3.05, 3.63) is 29.8 Å². The summed E-state index contributed by atoms with van der Waals surface area (Å²) in [4.78, 5) is 0.0583. The monoisotopic (exact) mass is 338 g/mol. The van der Waals surface area contributed by atoms with E-state index in [1.165, 1.54) is 44.6 Å². The van der Waals surface area contributed by atoms with Gasteiger partial charge < -0.3 is 1.43 Å². The Hall–Kier alpha value is 0.766. The van der Waals surface area contributed by atoms with Crippen molar-refractivity contribution in [1.82, 2.24) is 0 Å². The topological polar surface area (TPSA) is 54.4 Å². The Morgan fingerprint density at radius 3 is 2.05 bits per heavy atom. The minimum Gasteiger partial charge on any atom is -1.00 e. The Bertz CT molecular complexity index is 492. The van der Waals surface area contributed by atoms with Gasteiger partial charge in [-0.15, -0.1) is 0 Å². The van der Waals surface area contributed by atoms with Crippen LogP contribution in [0.3, 0.4) is 0 Å². The molecule has 5 heteroatoms. The molecule has 0 amide bonds. The molecular weight excluding hydrogens is 311 g/mol. The zero-order chi connectivity index (χ0) is 14.8. The smallest absolute Gasteiger partial charge is 1.00 e. The zero-order valence-electron chi connectivity index (χ0n) is 14.3. The van der Waals surface area contributed by atoms with Gasteiger partial charge in [-0.05, 0) is 24.5 Å². The van der Waals surface area contributed by atoms with Gasteiger partial charge in [0.25, 0.3) is 10.1 Å². The average molecular weight is 339 g/mol. The summed E-state index contributed by atoms with van der Waals surface area (Å²) in [5.74, 6) is 0. The van der Waals surface area contributed by atoms with Crippen molar-refractivity contribution in [3.63, 3.8) is 0 Å². The van der Waals surface area contributed by atoms with Crippen LogP contribution in [0.2, 0.25) is 0 Å². The Morgan fingerprint density at radius 2 is 1.48 bits per heavy atom. The molecule has 0 aliphatic heterocycles. The predicted octanol–water partition coefficient (Wildman–Crippen LogP) is 1.73. The van der Waals surface area contributed by atoms with Gasteiger partial charge in [0.05, 0.1) is 4.90 Å². The molecule has 0 aromatic heterocycles. The number of unbranched alkanes of at least 4 members (excludes halogenated alkanes) is 7. The summed E-state index contributed by atoms with van der Waals surface area (Å²) >= 11 is 0. The minimum atomic E-state index is -4.09. The second-order valence-electron chi connectivity index (χ2n) is 5.31. The summed E-state index contributed by atoms with van der Waals surface area (Å²) in [6, 6.07) is 6.70. The molecule has 0 radical (unpaired) electrons. The van der Waals surface area contributed by atoms with E-state index in [4.69, 9.17) is 4.55 Å². The van der Waals surface area contributed by atoms with Crippen molar-refractivity contribution in [2.75, 3.05) is 0 Å². The van der Waals surface area contributed by atoms with Gasteiger partial charge in [-0.1, -0.05) is 70.1 Å². The van der Waals surface area contributed by atoms with E-state index in [-0.39, 0.29) is 57.7 Å². The normalized spacial score (nSPS) is 11.1. The molecule has 1 aromatic carbocycles. The molecule has 1 rings (SSSR count). The van der Waals surface area contributed by atoms with Crippen molar-refractivity contribution in [2.45, 2.75) is 69.6 Å². The second kappa shape index (κ2) is 12.2. The molecule has 0 heterocycles. The Morgan fingerprint density at radius 1 is 0.952 bits per heavy atom. The van der Waals surface area contributed by atoms with Gasteiger partial charge in [0.1, 0.15) is 0 Å². The van der Waals surface area contributed by atoms with Gasteiger partial charge in [0.15, 0.2) is 0 Å². The molecule has 0 bridgehead atoms. The molecule has 1 aromatic rings. The molecule has 0 aliphatic carbocycles. The van der Waals surface area contributed by atoms with Crippen LogP contribution in [0, 0.1) is 0 Å². The van der Waals surface area contributed by atoms with Gasteiger partial charge >= 0.3 is 51.4 Å². The third-order valence-corrected chi connectivity index (χ3v) is 4.50. The van der Waals surface area contributed by atoms with E-state index in [9.17, 15) is 8.42 Å². The maximum Gasteiger partial charge on any atom is 1.00 e. The van der Waals surface area contributed by atoms with Crippen LogP contribution in [-0.4, -0.2) is 13.0 Å². The summed E-state index contributed by atoms with van der Waals surface area (Å²) in [5.41, 5.74) is 0.723. The summed E-state index contributed by atoms with van der Waals surface area (Å²) < 4.78 is 31.7. The van der Waals surface area contributed by atoms with Gasteiger partial charge in [-0.25, -0.2) is 0 Å². The van der Waals surface area contributed by atoms with Crippen molar-refractivity contribution in [1.29, 1.82) is 0 Å². The number of aryl methyl sites for hydroxylation is 1. The van der Waals surface area contributed by atoms with Crippen LogP contribution in [0.1, 0.15) is 65.3 Å². The molecule has 0 fully saturated rings. The van der Waals surface area contributed by atoms with E-state index in [1.54, 1.807) is 12.1 Å². The Balaban J connectivity index is 0.